The Morgan fingerprint density at radius 1 is 1.45 bits per heavy atom. The Hall–Kier alpha value is -1.55. The van der Waals surface area contributed by atoms with Crippen LogP contribution in [0.5, 0.6) is 0 Å². The molecule has 0 aliphatic heterocycles. The maximum atomic E-state index is 12.3. The molecule has 0 radical (unpaired) electrons. The third-order valence-corrected chi connectivity index (χ3v) is 3.50. The van der Waals surface area contributed by atoms with Gasteiger partial charge in [-0.1, -0.05) is 11.6 Å². The van der Waals surface area contributed by atoms with E-state index in [1.54, 1.807) is 16.8 Å². The van der Waals surface area contributed by atoms with Gasteiger partial charge in [0.15, 0.2) is 0 Å². The van der Waals surface area contributed by atoms with Crippen LogP contribution in [-0.4, -0.2) is 21.2 Å². The number of rotatable bonds is 1. The minimum atomic E-state index is -0.524. The maximum absolute atomic E-state index is 12.3. The van der Waals surface area contributed by atoms with Gasteiger partial charge >= 0.3 is 6.09 Å². The van der Waals surface area contributed by atoms with Crippen molar-refractivity contribution in [3.63, 3.8) is 0 Å². The van der Waals surface area contributed by atoms with Gasteiger partial charge in [-0.25, -0.2) is 9.78 Å². The average molecular weight is 293 g/mol. The molecule has 1 aliphatic rings. The minimum Gasteiger partial charge on any atom is -0.443 e. The lowest BCUT2D eigenvalue weighted by atomic mass is 10.1. The van der Waals surface area contributed by atoms with E-state index in [4.69, 9.17) is 16.3 Å². The number of ether oxygens (including phenoxy) is 1. The third-order valence-electron chi connectivity index (χ3n) is 3.29. The van der Waals surface area contributed by atoms with Crippen molar-refractivity contribution in [3.8, 4) is 0 Å². The second-order valence-electron chi connectivity index (χ2n) is 6.23. The summed E-state index contributed by atoms with van der Waals surface area (Å²) in [5.74, 6) is 0.532. The first kappa shape index (κ1) is 13.4. The fourth-order valence-corrected chi connectivity index (χ4v) is 2.45. The Morgan fingerprint density at radius 2 is 2.15 bits per heavy atom. The molecule has 1 saturated carbocycles. The molecule has 2 aromatic heterocycles. The highest BCUT2D eigenvalue weighted by atomic mass is 35.5. The molecule has 5 heteroatoms. The van der Waals surface area contributed by atoms with E-state index in [1.165, 1.54) is 0 Å². The highest BCUT2D eigenvalue weighted by molar-refractivity contribution is 6.30. The summed E-state index contributed by atoms with van der Waals surface area (Å²) in [4.78, 5) is 16.4. The molecule has 4 nitrogen and oxygen atoms in total. The number of nitrogens with zero attached hydrogens (tertiary/aromatic N) is 2. The largest absolute Gasteiger partial charge is 0.443 e. The first-order valence-corrected chi connectivity index (χ1v) is 7.13. The average Bonchev–Trinajstić information content (AvgIpc) is 3.08. The molecule has 0 amide bonds. The number of carbonyl (C=O) groups excluding carboxylic acids is 1. The normalized spacial score (nSPS) is 15.6. The smallest absolute Gasteiger partial charge is 0.419 e. The van der Waals surface area contributed by atoms with Gasteiger partial charge in [-0.3, -0.25) is 4.57 Å². The lowest BCUT2D eigenvalue weighted by Crippen LogP contribution is -2.26. The van der Waals surface area contributed by atoms with Gasteiger partial charge in [-0.15, -0.1) is 0 Å². The lowest BCUT2D eigenvalue weighted by molar-refractivity contribution is 0.0544. The monoisotopic (exact) mass is 292 g/mol. The molecule has 1 aliphatic carbocycles. The van der Waals surface area contributed by atoms with Crippen LogP contribution in [-0.2, 0) is 4.74 Å². The Labute approximate surface area is 122 Å². The SMILES string of the molecule is CC(C)(C)OC(=O)n1cc(C2CC2)c2cnc(Cl)cc21. The molecule has 0 bridgehead atoms. The topological polar surface area (TPSA) is 44.1 Å². The van der Waals surface area contributed by atoms with Crippen LogP contribution in [0.3, 0.4) is 0 Å². The molecule has 2 aromatic rings. The molecule has 0 N–H and O–H groups in total. The van der Waals surface area contributed by atoms with Crippen LogP contribution in [0.15, 0.2) is 18.5 Å². The summed E-state index contributed by atoms with van der Waals surface area (Å²) in [5.41, 5.74) is 1.40. The van der Waals surface area contributed by atoms with E-state index in [2.05, 4.69) is 4.98 Å². The molecular formula is C15H17ClN2O2. The fraction of sp³-hybridized carbons (Fsp3) is 0.467. The van der Waals surface area contributed by atoms with Crippen molar-refractivity contribution in [2.45, 2.75) is 45.1 Å². The maximum Gasteiger partial charge on any atom is 0.419 e. The molecule has 0 aromatic carbocycles. The van der Waals surface area contributed by atoms with Gasteiger partial charge in [-0.05, 0) is 45.1 Å². The Morgan fingerprint density at radius 3 is 2.75 bits per heavy atom. The standard InChI is InChI=1S/C15H17ClN2O2/c1-15(2,3)20-14(19)18-8-11(9-4-5-9)10-7-17-13(16)6-12(10)18/h6-9H,4-5H2,1-3H3. The van der Waals surface area contributed by atoms with Gasteiger partial charge in [0.2, 0.25) is 0 Å². The quantitative estimate of drug-likeness (QED) is 0.734. The zero-order valence-corrected chi connectivity index (χ0v) is 12.6. The minimum absolute atomic E-state index is 0.378. The molecular weight excluding hydrogens is 276 g/mol. The first-order chi connectivity index (χ1) is 9.35. The molecule has 0 atom stereocenters. The van der Waals surface area contributed by atoms with Crippen molar-refractivity contribution in [2.75, 3.05) is 0 Å². The summed E-state index contributed by atoms with van der Waals surface area (Å²) in [6.45, 7) is 5.56. The van der Waals surface area contributed by atoms with Crippen molar-refractivity contribution < 1.29 is 9.53 Å². The van der Waals surface area contributed by atoms with Gasteiger partial charge < -0.3 is 4.74 Å². The molecule has 0 spiro atoms. The van der Waals surface area contributed by atoms with Gasteiger partial charge in [0.25, 0.3) is 0 Å². The number of hydrogen-bond donors (Lipinski definition) is 0. The van der Waals surface area contributed by atoms with Crippen LogP contribution < -0.4 is 0 Å². The van der Waals surface area contributed by atoms with Crippen LogP contribution in [0.1, 0.15) is 45.1 Å². The Balaban J connectivity index is 2.10. The van der Waals surface area contributed by atoms with Gasteiger partial charge in [-0.2, -0.15) is 0 Å². The molecule has 0 unspecified atom stereocenters. The zero-order chi connectivity index (χ0) is 14.5. The number of fused-ring (bicyclic) bond motifs is 1. The number of hydrogen-bond acceptors (Lipinski definition) is 3. The predicted octanol–water partition coefficient (Wildman–Crippen LogP) is 4.35. The van der Waals surface area contributed by atoms with Crippen molar-refractivity contribution in [1.82, 2.24) is 9.55 Å². The number of carbonyl (C=O) groups is 1. The van der Waals surface area contributed by atoms with Crippen LogP contribution in [0.25, 0.3) is 10.9 Å². The van der Waals surface area contributed by atoms with Gasteiger partial charge in [0, 0.05) is 23.8 Å². The summed E-state index contributed by atoms with van der Waals surface area (Å²) in [5, 5.41) is 1.37. The summed E-state index contributed by atoms with van der Waals surface area (Å²) >= 11 is 5.96. The van der Waals surface area contributed by atoms with Crippen LogP contribution in [0, 0.1) is 0 Å². The van der Waals surface area contributed by atoms with Gasteiger partial charge in [0.05, 0.1) is 5.52 Å². The zero-order valence-electron chi connectivity index (χ0n) is 11.8. The van der Waals surface area contributed by atoms with E-state index in [-0.39, 0.29) is 6.09 Å². The summed E-state index contributed by atoms with van der Waals surface area (Å²) in [7, 11) is 0. The van der Waals surface area contributed by atoms with Crippen LogP contribution in [0.4, 0.5) is 4.79 Å². The second kappa shape index (κ2) is 4.48. The van der Waals surface area contributed by atoms with Crippen LogP contribution >= 0.6 is 11.6 Å². The van der Waals surface area contributed by atoms with Crippen molar-refractivity contribution in [2.24, 2.45) is 0 Å². The lowest BCUT2D eigenvalue weighted by Gasteiger charge is -2.19. The highest BCUT2D eigenvalue weighted by Gasteiger charge is 2.29. The van der Waals surface area contributed by atoms with E-state index < -0.39 is 5.60 Å². The molecule has 20 heavy (non-hydrogen) atoms. The van der Waals surface area contributed by atoms with Crippen LogP contribution in [0.2, 0.25) is 5.15 Å². The molecule has 0 saturated heterocycles. The van der Waals surface area contributed by atoms with E-state index in [0.717, 1.165) is 29.3 Å². The predicted molar refractivity (Wildman–Crippen MR) is 78.4 cm³/mol. The fourth-order valence-electron chi connectivity index (χ4n) is 2.30. The Bertz CT molecular complexity index is 681. The highest BCUT2D eigenvalue weighted by Crippen LogP contribution is 2.44. The number of aromatic nitrogens is 2. The molecule has 3 rings (SSSR count). The summed E-state index contributed by atoms with van der Waals surface area (Å²) in [6.07, 6.45) is 5.56. The van der Waals surface area contributed by atoms with Crippen molar-refractivity contribution in [1.29, 1.82) is 0 Å². The van der Waals surface area contributed by atoms with Gasteiger partial charge in [0.1, 0.15) is 10.8 Å². The first-order valence-electron chi connectivity index (χ1n) is 6.75. The van der Waals surface area contributed by atoms with E-state index in [0.29, 0.717) is 11.1 Å². The summed E-state index contributed by atoms with van der Waals surface area (Å²) in [6, 6.07) is 1.71. The summed E-state index contributed by atoms with van der Waals surface area (Å²) < 4.78 is 6.99. The van der Waals surface area contributed by atoms with E-state index >= 15 is 0 Å². The molecule has 2 heterocycles. The number of pyridine rings is 1. The molecule has 106 valence electrons. The number of halogens is 1. The molecule has 1 fully saturated rings. The van der Waals surface area contributed by atoms with Crippen molar-refractivity contribution in [3.05, 3.63) is 29.2 Å². The van der Waals surface area contributed by atoms with E-state index in [1.807, 2.05) is 27.0 Å². The Kier molecular flexibility index (Phi) is 3.01. The van der Waals surface area contributed by atoms with E-state index in [9.17, 15) is 4.79 Å². The third kappa shape index (κ3) is 2.52. The van der Waals surface area contributed by atoms with Crippen molar-refractivity contribution >= 4 is 28.6 Å². The second-order valence-corrected chi connectivity index (χ2v) is 6.62.